The molecule has 1 atom stereocenters. The van der Waals surface area contributed by atoms with Gasteiger partial charge >= 0.3 is 0 Å². The van der Waals surface area contributed by atoms with Gasteiger partial charge in [0, 0.05) is 11.8 Å². The van der Waals surface area contributed by atoms with Crippen molar-refractivity contribution in [3.8, 4) is 0 Å². The van der Waals surface area contributed by atoms with Gasteiger partial charge in [-0.05, 0) is 49.1 Å². The van der Waals surface area contributed by atoms with Gasteiger partial charge in [-0.25, -0.2) is 0 Å². The van der Waals surface area contributed by atoms with Gasteiger partial charge in [0.15, 0.2) is 0 Å². The summed E-state index contributed by atoms with van der Waals surface area (Å²) in [5.41, 5.74) is 2.98. The Morgan fingerprint density at radius 2 is 2.24 bits per heavy atom. The highest BCUT2D eigenvalue weighted by molar-refractivity contribution is 7.99. The average molecular weight is 249 g/mol. The van der Waals surface area contributed by atoms with Crippen LogP contribution >= 0.6 is 11.8 Å². The van der Waals surface area contributed by atoms with Gasteiger partial charge in [-0.3, -0.25) is 0 Å². The molecule has 2 heteroatoms. The third kappa shape index (κ3) is 4.36. The highest BCUT2D eigenvalue weighted by Crippen LogP contribution is 2.40. The van der Waals surface area contributed by atoms with Gasteiger partial charge in [0.05, 0.1) is 0 Å². The second kappa shape index (κ2) is 6.46. The number of benzene rings is 1. The standard InChI is InChI=1S/C15H23NS/c1-12(17-2)8-9-16-11-13-4-3-5-15(10-13)14-6-7-14/h3-5,10,12,14,16H,6-9,11H2,1-2H3. The van der Waals surface area contributed by atoms with Crippen LogP contribution in [0.3, 0.4) is 0 Å². The summed E-state index contributed by atoms with van der Waals surface area (Å²) in [6.45, 7) is 4.43. The lowest BCUT2D eigenvalue weighted by Gasteiger charge is -2.09. The summed E-state index contributed by atoms with van der Waals surface area (Å²) in [5.74, 6) is 0.867. The molecule has 1 aliphatic rings. The number of thioether (sulfide) groups is 1. The van der Waals surface area contributed by atoms with E-state index >= 15 is 0 Å². The molecule has 94 valence electrons. The predicted octanol–water partition coefficient (Wildman–Crippen LogP) is 3.80. The van der Waals surface area contributed by atoms with Gasteiger partial charge in [0.25, 0.3) is 0 Å². The van der Waals surface area contributed by atoms with Crippen molar-refractivity contribution < 1.29 is 0 Å². The minimum atomic E-state index is 0.764. The van der Waals surface area contributed by atoms with E-state index in [9.17, 15) is 0 Å². The van der Waals surface area contributed by atoms with E-state index in [0.29, 0.717) is 0 Å². The predicted molar refractivity (Wildman–Crippen MR) is 77.7 cm³/mol. The molecule has 0 bridgehead atoms. The molecule has 1 nitrogen and oxygen atoms in total. The highest BCUT2D eigenvalue weighted by Gasteiger charge is 2.23. The number of nitrogens with one attached hydrogen (secondary N) is 1. The minimum Gasteiger partial charge on any atom is -0.313 e. The van der Waals surface area contributed by atoms with Crippen LogP contribution < -0.4 is 5.32 Å². The van der Waals surface area contributed by atoms with E-state index in [-0.39, 0.29) is 0 Å². The zero-order valence-electron chi connectivity index (χ0n) is 10.9. The summed E-state index contributed by atoms with van der Waals surface area (Å²) in [7, 11) is 0. The Labute approximate surface area is 109 Å². The zero-order chi connectivity index (χ0) is 12.1. The van der Waals surface area contributed by atoms with Crippen LogP contribution in [0.25, 0.3) is 0 Å². The van der Waals surface area contributed by atoms with E-state index in [1.54, 1.807) is 5.56 Å². The summed E-state index contributed by atoms with van der Waals surface area (Å²) >= 11 is 1.95. The fraction of sp³-hybridized carbons (Fsp3) is 0.600. The van der Waals surface area contributed by atoms with Crippen LogP contribution in [0.1, 0.15) is 43.2 Å². The molecule has 0 aromatic heterocycles. The SMILES string of the molecule is CSC(C)CCNCc1cccc(C2CC2)c1. The summed E-state index contributed by atoms with van der Waals surface area (Å²) in [5, 5.41) is 4.30. The molecule has 1 aromatic rings. The van der Waals surface area contributed by atoms with Crippen LogP contribution in [-0.4, -0.2) is 18.1 Å². The summed E-state index contributed by atoms with van der Waals surface area (Å²) in [6.07, 6.45) is 6.22. The Kier molecular flexibility index (Phi) is 4.93. The third-order valence-corrected chi connectivity index (χ3v) is 4.50. The average Bonchev–Trinajstić information content (AvgIpc) is 3.19. The van der Waals surface area contributed by atoms with E-state index in [2.05, 4.69) is 42.8 Å². The molecule has 1 saturated carbocycles. The van der Waals surface area contributed by atoms with Crippen LogP contribution in [0.4, 0.5) is 0 Å². The second-order valence-corrected chi connectivity index (χ2v) is 6.31. The smallest absolute Gasteiger partial charge is 0.0205 e. The number of rotatable bonds is 7. The van der Waals surface area contributed by atoms with Crippen molar-refractivity contribution in [3.63, 3.8) is 0 Å². The molecule has 1 aromatic carbocycles. The first-order chi connectivity index (χ1) is 8.29. The van der Waals surface area contributed by atoms with Crippen molar-refractivity contribution in [2.24, 2.45) is 0 Å². The van der Waals surface area contributed by atoms with Gasteiger partial charge in [-0.2, -0.15) is 11.8 Å². The van der Waals surface area contributed by atoms with Crippen molar-refractivity contribution in [3.05, 3.63) is 35.4 Å². The van der Waals surface area contributed by atoms with E-state index < -0.39 is 0 Å². The van der Waals surface area contributed by atoms with Crippen molar-refractivity contribution in [2.75, 3.05) is 12.8 Å². The zero-order valence-corrected chi connectivity index (χ0v) is 11.7. The molecule has 1 unspecified atom stereocenters. The lowest BCUT2D eigenvalue weighted by Crippen LogP contribution is -2.17. The Balaban J connectivity index is 1.73. The molecule has 1 fully saturated rings. The number of hydrogen-bond donors (Lipinski definition) is 1. The molecule has 0 saturated heterocycles. The molecule has 2 rings (SSSR count). The van der Waals surface area contributed by atoms with Gasteiger partial charge < -0.3 is 5.32 Å². The van der Waals surface area contributed by atoms with Gasteiger partial charge in [-0.1, -0.05) is 31.2 Å². The monoisotopic (exact) mass is 249 g/mol. The van der Waals surface area contributed by atoms with Crippen LogP contribution in [-0.2, 0) is 6.54 Å². The first-order valence-corrected chi connectivity index (χ1v) is 7.90. The molecular formula is C15H23NS. The maximum atomic E-state index is 3.54. The number of hydrogen-bond acceptors (Lipinski definition) is 2. The van der Waals surface area contributed by atoms with E-state index in [1.165, 1.54) is 24.8 Å². The second-order valence-electron chi connectivity index (χ2n) is 5.03. The van der Waals surface area contributed by atoms with E-state index in [0.717, 1.165) is 24.3 Å². The summed E-state index contributed by atoms with van der Waals surface area (Å²) in [4.78, 5) is 0. The van der Waals surface area contributed by atoms with Crippen LogP contribution in [0.15, 0.2) is 24.3 Å². The summed E-state index contributed by atoms with van der Waals surface area (Å²) in [6, 6.07) is 9.09. The molecule has 17 heavy (non-hydrogen) atoms. The van der Waals surface area contributed by atoms with Crippen molar-refractivity contribution in [1.82, 2.24) is 5.32 Å². The van der Waals surface area contributed by atoms with Crippen LogP contribution in [0.5, 0.6) is 0 Å². The maximum absolute atomic E-state index is 3.54. The first-order valence-electron chi connectivity index (χ1n) is 6.62. The lowest BCUT2D eigenvalue weighted by atomic mass is 10.1. The molecule has 0 heterocycles. The quantitative estimate of drug-likeness (QED) is 0.738. The van der Waals surface area contributed by atoms with Gasteiger partial charge in [-0.15, -0.1) is 0 Å². The Morgan fingerprint density at radius 3 is 2.94 bits per heavy atom. The minimum absolute atomic E-state index is 0.764. The lowest BCUT2D eigenvalue weighted by molar-refractivity contribution is 0.647. The summed E-state index contributed by atoms with van der Waals surface area (Å²) < 4.78 is 0. The Hall–Kier alpha value is -0.470. The fourth-order valence-electron chi connectivity index (χ4n) is 2.03. The maximum Gasteiger partial charge on any atom is 0.0205 e. The van der Waals surface area contributed by atoms with Crippen molar-refractivity contribution >= 4 is 11.8 Å². The molecule has 1 aliphatic carbocycles. The van der Waals surface area contributed by atoms with Gasteiger partial charge in [0.1, 0.15) is 0 Å². The molecule has 1 N–H and O–H groups in total. The Morgan fingerprint density at radius 1 is 1.41 bits per heavy atom. The highest BCUT2D eigenvalue weighted by atomic mass is 32.2. The van der Waals surface area contributed by atoms with Crippen molar-refractivity contribution in [1.29, 1.82) is 0 Å². The van der Waals surface area contributed by atoms with E-state index in [4.69, 9.17) is 0 Å². The Bertz CT molecular complexity index is 347. The first kappa shape index (κ1) is 13.0. The van der Waals surface area contributed by atoms with Crippen LogP contribution in [0, 0.1) is 0 Å². The molecule has 0 radical (unpaired) electrons. The van der Waals surface area contributed by atoms with Crippen molar-refractivity contribution in [2.45, 2.75) is 43.9 Å². The molecule has 0 aliphatic heterocycles. The van der Waals surface area contributed by atoms with Gasteiger partial charge in [0.2, 0.25) is 0 Å². The topological polar surface area (TPSA) is 12.0 Å². The third-order valence-electron chi connectivity index (χ3n) is 3.46. The van der Waals surface area contributed by atoms with Crippen LogP contribution in [0.2, 0.25) is 0 Å². The largest absolute Gasteiger partial charge is 0.313 e. The molecule has 0 spiro atoms. The normalized spacial score (nSPS) is 17.1. The fourth-order valence-corrected chi connectivity index (χ4v) is 2.38. The molecule has 0 amide bonds. The molecular weight excluding hydrogens is 226 g/mol. The van der Waals surface area contributed by atoms with E-state index in [1.807, 2.05) is 11.8 Å².